The van der Waals surface area contributed by atoms with Gasteiger partial charge < -0.3 is 14.8 Å². The van der Waals surface area contributed by atoms with Gasteiger partial charge in [0.05, 0.1) is 13.2 Å². The van der Waals surface area contributed by atoms with Crippen molar-refractivity contribution in [2.24, 2.45) is 0 Å². The zero-order chi connectivity index (χ0) is 11.3. The second-order valence-corrected chi connectivity index (χ2v) is 4.84. The van der Waals surface area contributed by atoms with Crippen LogP contribution >= 0.6 is 15.9 Å². The molecule has 1 aliphatic rings. The molecular weight excluding hydrogens is 262 g/mol. The Bertz CT molecular complexity index is 207. The maximum atomic E-state index is 11.1. The summed E-state index contributed by atoms with van der Waals surface area (Å²) in [6, 6.07) is 0.275. The molecule has 3 atom stereocenters. The van der Waals surface area contributed by atoms with Gasteiger partial charge in [0.15, 0.2) is 0 Å². The maximum Gasteiger partial charge on any atom is 0.320 e. The van der Waals surface area contributed by atoms with Crippen molar-refractivity contribution < 1.29 is 14.3 Å². The van der Waals surface area contributed by atoms with Gasteiger partial charge in [0.1, 0.15) is 4.83 Å². The monoisotopic (exact) mass is 279 g/mol. The topological polar surface area (TPSA) is 47.6 Å². The quantitative estimate of drug-likeness (QED) is 0.604. The standard InChI is InChI=1S/C10H18BrNO3/c1-7(9-4-3-5-15-9)12-6-8(11)10(13)14-2/h7-9,12H,3-6H2,1-2H3. The first-order chi connectivity index (χ1) is 7.15. The zero-order valence-corrected chi connectivity index (χ0v) is 10.7. The minimum absolute atomic E-state index is 0.248. The summed E-state index contributed by atoms with van der Waals surface area (Å²) in [6.45, 7) is 3.49. The number of rotatable bonds is 5. The van der Waals surface area contributed by atoms with E-state index in [9.17, 15) is 4.79 Å². The van der Waals surface area contributed by atoms with Gasteiger partial charge in [-0.05, 0) is 19.8 Å². The lowest BCUT2D eigenvalue weighted by molar-refractivity contribution is -0.139. The van der Waals surface area contributed by atoms with Crippen molar-refractivity contribution in [3.05, 3.63) is 0 Å². The molecule has 0 aromatic rings. The molecule has 1 aliphatic heterocycles. The van der Waals surface area contributed by atoms with Crippen LogP contribution in [-0.4, -0.2) is 43.2 Å². The number of hydrogen-bond acceptors (Lipinski definition) is 4. The lowest BCUT2D eigenvalue weighted by Crippen LogP contribution is -2.41. The van der Waals surface area contributed by atoms with Gasteiger partial charge in [0, 0.05) is 19.2 Å². The molecule has 1 heterocycles. The van der Waals surface area contributed by atoms with Gasteiger partial charge in [0.2, 0.25) is 0 Å². The Labute approximate surface area is 98.8 Å². The van der Waals surface area contributed by atoms with E-state index in [4.69, 9.17) is 4.74 Å². The Morgan fingerprint density at radius 3 is 3.00 bits per heavy atom. The summed E-state index contributed by atoms with van der Waals surface area (Å²) < 4.78 is 10.2. The van der Waals surface area contributed by atoms with Crippen LogP contribution in [0.3, 0.4) is 0 Å². The van der Waals surface area contributed by atoms with Crippen LogP contribution in [0.15, 0.2) is 0 Å². The summed E-state index contributed by atoms with van der Waals surface area (Å²) in [6.07, 6.45) is 2.51. The van der Waals surface area contributed by atoms with E-state index in [0.717, 1.165) is 19.4 Å². The summed E-state index contributed by atoms with van der Waals surface area (Å²) in [5, 5.41) is 3.27. The van der Waals surface area contributed by atoms with E-state index < -0.39 is 0 Å². The van der Waals surface area contributed by atoms with Crippen LogP contribution in [0.5, 0.6) is 0 Å². The van der Waals surface area contributed by atoms with Gasteiger partial charge >= 0.3 is 5.97 Å². The number of carbonyl (C=O) groups is 1. The van der Waals surface area contributed by atoms with Crippen LogP contribution in [0.2, 0.25) is 0 Å². The largest absolute Gasteiger partial charge is 0.468 e. The predicted molar refractivity (Wildman–Crippen MR) is 61.2 cm³/mol. The van der Waals surface area contributed by atoms with E-state index in [0.29, 0.717) is 6.54 Å². The number of esters is 1. The molecule has 1 N–H and O–H groups in total. The number of nitrogens with one attached hydrogen (secondary N) is 1. The number of carbonyl (C=O) groups excluding carboxylic acids is 1. The molecule has 4 nitrogen and oxygen atoms in total. The lowest BCUT2D eigenvalue weighted by Gasteiger charge is -2.21. The molecule has 0 saturated carbocycles. The fourth-order valence-corrected chi connectivity index (χ4v) is 2.00. The maximum absolute atomic E-state index is 11.1. The molecule has 0 aromatic carbocycles. The van der Waals surface area contributed by atoms with E-state index in [1.807, 2.05) is 0 Å². The molecule has 88 valence electrons. The fraction of sp³-hybridized carbons (Fsp3) is 0.900. The molecule has 15 heavy (non-hydrogen) atoms. The van der Waals surface area contributed by atoms with Gasteiger partial charge in [0.25, 0.3) is 0 Å². The second kappa shape index (κ2) is 6.45. The summed E-state index contributed by atoms with van der Waals surface area (Å²) in [5.74, 6) is -0.248. The first-order valence-electron chi connectivity index (χ1n) is 5.22. The van der Waals surface area contributed by atoms with Crippen LogP contribution in [0.1, 0.15) is 19.8 Å². The third-order valence-electron chi connectivity index (χ3n) is 2.60. The Morgan fingerprint density at radius 1 is 1.73 bits per heavy atom. The molecular formula is C10H18BrNO3. The lowest BCUT2D eigenvalue weighted by atomic mass is 10.1. The highest BCUT2D eigenvalue weighted by molar-refractivity contribution is 9.10. The molecule has 1 rings (SSSR count). The Hall–Kier alpha value is -0.130. The van der Waals surface area contributed by atoms with Gasteiger partial charge in [-0.25, -0.2) is 0 Å². The molecule has 1 saturated heterocycles. The minimum Gasteiger partial charge on any atom is -0.468 e. The van der Waals surface area contributed by atoms with Crippen LogP contribution in [0.25, 0.3) is 0 Å². The highest BCUT2D eigenvalue weighted by atomic mass is 79.9. The van der Waals surface area contributed by atoms with E-state index >= 15 is 0 Å². The van der Waals surface area contributed by atoms with Crippen molar-refractivity contribution in [3.8, 4) is 0 Å². The molecule has 0 radical (unpaired) electrons. The summed E-state index contributed by atoms with van der Waals surface area (Å²) in [4.78, 5) is 10.8. The van der Waals surface area contributed by atoms with Crippen LogP contribution in [0.4, 0.5) is 0 Å². The summed E-state index contributed by atoms with van der Waals surface area (Å²) >= 11 is 3.26. The van der Waals surface area contributed by atoms with Crippen molar-refractivity contribution in [2.75, 3.05) is 20.3 Å². The summed E-state index contributed by atoms with van der Waals surface area (Å²) in [7, 11) is 1.39. The predicted octanol–water partition coefficient (Wildman–Crippen LogP) is 1.08. The second-order valence-electron chi connectivity index (χ2n) is 3.74. The first kappa shape index (κ1) is 12.9. The number of ether oxygens (including phenoxy) is 2. The normalized spacial score (nSPS) is 24.9. The SMILES string of the molecule is COC(=O)C(Br)CNC(C)C1CCCO1. The third kappa shape index (κ3) is 4.09. The molecule has 1 fully saturated rings. The fourth-order valence-electron chi connectivity index (χ4n) is 1.63. The van der Waals surface area contributed by atoms with Crippen LogP contribution in [-0.2, 0) is 14.3 Å². The average molecular weight is 280 g/mol. The van der Waals surface area contributed by atoms with Crippen molar-refractivity contribution in [3.63, 3.8) is 0 Å². The van der Waals surface area contributed by atoms with Crippen molar-refractivity contribution in [2.45, 2.75) is 36.7 Å². The van der Waals surface area contributed by atoms with Crippen molar-refractivity contribution in [1.82, 2.24) is 5.32 Å². The van der Waals surface area contributed by atoms with E-state index in [-0.39, 0.29) is 22.9 Å². The Balaban J connectivity index is 2.20. The van der Waals surface area contributed by atoms with Crippen molar-refractivity contribution in [1.29, 1.82) is 0 Å². The molecule has 0 bridgehead atoms. The highest BCUT2D eigenvalue weighted by Crippen LogP contribution is 2.15. The van der Waals surface area contributed by atoms with E-state index in [1.165, 1.54) is 7.11 Å². The van der Waals surface area contributed by atoms with Gasteiger partial charge in [-0.3, -0.25) is 4.79 Å². The zero-order valence-electron chi connectivity index (χ0n) is 9.16. The Kier molecular flexibility index (Phi) is 5.56. The number of alkyl halides is 1. The highest BCUT2D eigenvalue weighted by Gasteiger charge is 2.23. The van der Waals surface area contributed by atoms with E-state index in [1.54, 1.807) is 0 Å². The minimum atomic E-state index is -0.286. The van der Waals surface area contributed by atoms with Gasteiger partial charge in [-0.1, -0.05) is 15.9 Å². The Morgan fingerprint density at radius 2 is 2.47 bits per heavy atom. The molecule has 5 heteroatoms. The van der Waals surface area contributed by atoms with Crippen molar-refractivity contribution >= 4 is 21.9 Å². The van der Waals surface area contributed by atoms with Gasteiger partial charge in [-0.15, -0.1) is 0 Å². The molecule has 0 aromatic heterocycles. The number of methoxy groups -OCH3 is 1. The van der Waals surface area contributed by atoms with E-state index in [2.05, 4.69) is 32.9 Å². The summed E-state index contributed by atoms with van der Waals surface area (Å²) in [5.41, 5.74) is 0. The average Bonchev–Trinajstić information content (AvgIpc) is 2.77. The molecule has 0 spiro atoms. The number of halogens is 1. The van der Waals surface area contributed by atoms with Crippen LogP contribution < -0.4 is 5.32 Å². The molecule has 3 unspecified atom stereocenters. The first-order valence-corrected chi connectivity index (χ1v) is 6.13. The van der Waals surface area contributed by atoms with Gasteiger partial charge in [-0.2, -0.15) is 0 Å². The molecule has 0 aliphatic carbocycles. The van der Waals surface area contributed by atoms with Crippen LogP contribution in [0, 0.1) is 0 Å². The number of hydrogen-bond donors (Lipinski definition) is 1. The third-order valence-corrected chi connectivity index (χ3v) is 3.30. The molecule has 0 amide bonds. The smallest absolute Gasteiger partial charge is 0.320 e.